The lowest BCUT2D eigenvalue weighted by molar-refractivity contribution is 0.0835. The van der Waals surface area contributed by atoms with Crippen LogP contribution in [0.4, 0.5) is 0 Å². The van der Waals surface area contributed by atoms with Crippen LogP contribution >= 0.6 is 31.9 Å². The minimum Gasteiger partial charge on any atom is -0.366 e. The van der Waals surface area contributed by atoms with Crippen molar-refractivity contribution in [2.24, 2.45) is 0 Å². The first kappa shape index (κ1) is 7.03. The summed E-state index contributed by atoms with van der Waals surface area (Å²) in [6.45, 7) is 0.901. The molecular formula is C5H8Br2O. The SMILES string of the molecule is Br[C@@H]1CCCO[C@@H]1Br. The van der Waals surface area contributed by atoms with Crippen molar-refractivity contribution in [2.45, 2.75) is 22.7 Å². The summed E-state index contributed by atoms with van der Waals surface area (Å²) in [4.78, 5) is 0.510. The lowest BCUT2D eigenvalue weighted by Gasteiger charge is -2.22. The molecule has 0 radical (unpaired) electrons. The van der Waals surface area contributed by atoms with Crippen molar-refractivity contribution in [2.75, 3.05) is 6.61 Å². The molecule has 2 atom stereocenters. The molecule has 1 aliphatic heterocycles. The maximum atomic E-state index is 5.26. The number of hydrogen-bond donors (Lipinski definition) is 0. The van der Waals surface area contributed by atoms with Gasteiger partial charge in [-0.1, -0.05) is 31.9 Å². The number of alkyl halides is 2. The standard InChI is InChI=1S/C5H8Br2O/c6-4-2-1-3-8-5(4)7/h4-5H,1-3H2/t4-,5+/m1/s1. The molecule has 0 N–H and O–H groups in total. The fourth-order valence-corrected chi connectivity index (χ4v) is 1.64. The Morgan fingerprint density at radius 3 is 2.50 bits per heavy atom. The lowest BCUT2D eigenvalue weighted by atomic mass is 10.2. The third kappa shape index (κ3) is 1.71. The molecule has 0 bridgehead atoms. The molecule has 1 nitrogen and oxygen atoms in total. The molecule has 0 amide bonds. The van der Waals surface area contributed by atoms with Gasteiger partial charge in [0.2, 0.25) is 0 Å². The molecule has 1 heterocycles. The Kier molecular flexibility index (Phi) is 2.80. The first-order chi connectivity index (χ1) is 3.80. The maximum Gasteiger partial charge on any atom is 0.124 e. The number of rotatable bonds is 0. The van der Waals surface area contributed by atoms with Crippen LogP contribution in [0.1, 0.15) is 12.8 Å². The molecule has 1 saturated heterocycles. The summed E-state index contributed by atoms with van der Waals surface area (Å²) in [7, 11) is 0. The summed E-state index contributed by atoms with van der Waals surface area (Å²) in [5.41, 5.74) is 0. The Hall–Kier alpha value is 0.920. The molecule has 3 heteroatoms. The normalized spacial score (nSPS) is 39.8. The molecule has 0 aromatic rings. The van der Waals surface area contributed by atoms with E-state index in [1.54, 1.807) is 0 Å². The zero-order chi connectivity index (χ0) is 5.98. The highest BCUT2D eigenvalue weighted by atomic mass is 79.9. The Bertz CT molecular complexity index is 66.8. The molecule has 1 fully saturated rings. The number of halogens is 2. The highest BCUT2D eigenvalue weighted by Gasteiger charge is 2.19. The second kappa shape index (κ2) is 3.18. The Morgan fingerprint density at radius 2 is 2.12 bits per heavy atom. The minimum absolute atomic E-state index is 0.233. The fourth-order valence-electron chi connectivity index (χ4n) is 0.710. The fraction of sp³-hybridized carbons (Fsp3) is 1.00. The van der Waals surface area contributed by atoms with Crippen LogP contribution in [-0.2, 0) is 4.74 Å². The summed E-state index contributed by atoms with van der Waals surface area (Å²) >= 11 is 6.87. The van der Waals surface area contributed by atoms with E-state index in [0.717, 1.165) is 6.61 Å². The van der Waals surface area contributed by atoms with Gasteiger partial charge < -0.3 is 4.74 Å². The van der Waals surface area contributed by atoms with Crippen LogP contribution in [0.5, 0.6) is 0 Å². The van der Waals surface area contributed by atoms with Crippen LogP contribution in [0.3, 0.4) is 0 Å². The van der Waals surface area contributed by atoms with Crippen molar-refractivity contribution in [1.82, 2.24) is 0 Å². The quantitative estimate of drug-likeness (QED) is 0.594. The van der Waals surface area contributed by atoms with Crippen LogP contribution < -0.4 is 0 Å². The van der Waals surface area contributed by atoms with Crippen LogP contribution in [0.15, 0.2) is 0 Å². The van der Waals surface area contributed by atoms with Gasteiger partial charge in [-0.15, -0.1) is 0 Å². The highest BCUT2D eigenvalue weighted by molar-refractivity contribution is 9.12. The summed E-state index contributed by atoms with van der Waals surface area (Å²) in [5.74, 6) is 0. The largest absolute Gasteiger partial charge is 0.366 e. The monoisotopic (exact) mass is 242 g/mol. The van der Waals surface area contributed by atoms with E-state index in [2.05, 4.69) is 31.9 Å². The van der Waals surface area contributed by atoms with Crippen molar-refractivity contribution in [1.29, 1.82) is 0 Å². The van der Waals surface area contributed by atoms with Gasteiger partial charge in [-0.05, 0) is 12.8 Å². The second-order valence-corrected chi connectivity index (χ2v) is 3.96. The third-order valence-corrected chi connectivity index (χ3v) is 3.74. The van der Waals surface area contributed by atoms with E-state index in [4.69, 9.17) is 4.74 Å². The predicted octanol–water partition coefficient (Wildman–Crippen LogP) is 2.28. The van der Waals surface area contributed by atoms with Gasteiger partial charge in [-0.2, -0.15) is 0 Å². The van der Waals surface area contributed by atoms with Crippen molar-refractivity contribution in [3.8, 4) is 0 Å². The van der Waals surface area contributed by atoms with Crippen LogP contribution in [0.25, 0.3) is 0 Å². The van der Waals surface area contributed by atoms with Gasteiger partial charge >= 0.3 is 0 Å². The predicted molar refractivity (Wildman–Crippen MR) is 40.6 cm³/mol. The van der Waals surface area contributed by atoms with Crippen molar-refractivity contribution < 1.29 is 4.74 Å². The molecule has 1 aliphatic rings. The second-order valence-electron chi connectivity index (χ2n) is 1.88. The van der Waals surface area contributed by atoms with Gasteiger partial charge in [0.15, 0.2) is 0 Å². The van der Waals surface area contributed by atoms with E-state index in [1.165, 1.54) is 12.8 Å². The van der Waals surface area contributed by atoms with Gasteiger partial charge in [0.1, 0.15) is 5.01 Å². The summed E-state index contributed by atoms with van der Waals surface area (Å²) in [6, 6.07) is 0. The van der Waals surface area contributed by atoms with Crippen LogP contribution in [0, 0.1) is 0 Å². The average molecular weight is 244 g/mol. The van der Waals surface area contributed by atoms with Crippen molar-refractivity contribution in [3.05, 3.63) is 0 Å². The molecule has 48 valence electrons. The van der Waals surface area contributed by atoms with Crippen LogP contribution in [-0.4, -0.2) is 16.4 Å². The van der Waals surface area contributed by atoms with E-state index >= 15 is 0 Å². The van der Waals surface area contributed by atoms with Gasteiger partial charge in [-0.25, -0.2) is 0 Å². The van der Waals surface area contributed by atoms with Crippen molar-refractivity contribution >= 4 is 31.9 Å². The molecule has 0 aliphatic carbocycles. The smallest absolute Gasteiger partial charge is 0.124 e. The van der Waals surface area contributed by atoms with Crippen molar-refractivity contribution in [3.63, 3.8) is 0 Å². The molecule has 0 spiro atoms. The molecule has 0 saturated carbocycles. The van der Waals surface area contributed by atoms with Gasteiger partial charge in [-0.3, -0.25) is 0 Å². The molecule has 0 aromatic heterocycles. The third-order valence-electron chi connectivity index (χ3n) is 1.19. The summed E-state index contributed by atoms with van der Waals surface area (Å²) in [6.07, 6.45) is 2.40. The average Bonchev–Trinajstić information content (AvgIpc) is 1.77. The van der Waals surface area contributed by atoms with Crippen LogP contribution in [0.2, 0.25) is 0 Å². The van der Waals surface area contributed by atoms with Gasteiger partial charge in [0.25, 0.3) is 0 Å². The van der Waals surface area contributed by atoms with E-state index < -0.39 is 0 Å². The number of ether oxygens (including phenoxy) is 1. The molecule has 1 rings (SSSR count). The van der Waals surface area contributed by atoms with Gasteiger partial charge in [0.05, 0.1) is 4.83 Å². The Balaban J connectivity index is 2.28. The first-order valence-corrected chi connectivity index (χ1v) is 4.53. The minimum atomic E-state index is 0.233. The molecule has 0 unspecified atom stereocenters. The summed E-state index contributed by atoms with van der Waals surface area (Å²) in [5, 5.41) is 0.233. The lowest BCUT2D eigenvalue weighted by Crippen LogP contribution is -2.23. The Morgan fingerprint density at radius 1 is 1.38 bits per heavy atom. The Labute approximate surface area is 66.0 Å². The van der Waals surface area contributed by atoms with Gasteiger partial charge in [0, 0.05) is 6.61 Å². The molecule has 8 heavy (non-hydrogen) atoms. The van der Waals surface area contributed by atoms with E-state index in [-0.39, 0.29) is 5.01 Å². The summed E-state index contributed by atoms with van der Waals surface area (Å²) < 4.78 is 5.26. The first-order valence-electron chi connectivity index (χ1n) is 2.70. The number of hydrogen-bond acceptors (Lipinski definition) is 1. The van der Waals surface area contributed by atoms with E-state index in [0.29, 0.717) is 4.83 Å². The highest BCUT2D eigenvalue weighted by Crippen LogP contribution is 2.24. The van der Waals surface area contributed by atoms with E-state index in [9.17, 15) is 0 Å². The zero-order valence-electron chi connectivity index (χ0n) is 4.44. The molecular weight excluding hydrogens is 236 g/mol. The molecule has 0 aromatic carbocycles. The topological polar surface area (TPSA) is 9.23 Å². The zero-order valence-corrected chi connectivity index (χ0v) is 7.61. The maximum absolute atomic E-state index is 5.26. The van der Waals surface area contributed by atoms with E-state index in [1.807, 2.05) is 0 Å².